The molecule has 0 fully saturated rings. The van der Waals surface area contributed by atoms with E-state index in [-0.39, 0.29) is 17.9 Å². The van der Waals surface area contributed by atoms with Gasteiger partial charge in [0, 0.05) is 12.1 Å². The molecule has 0 atom stereocenters. The molecule has 0 aliphatic carbocycles. The summed E-state index contributed by atoms with van der Waals surface area (Å²) in [6, 6.07) is 8.24. The minimum absolute atomic E-state index is 0. The van der Waals surface area contributed by atoms with Gasteiger partial charge in [-0.2, -0.15) is 0 Å². The third-order valence-corrected chi connectivity index (χ3v) is 3.03. The smallest absolute Gasteiger partial charge is 0.119 e. The normalized spacial score (nSPS) is 11.7. The van der Waals surface area contributed by atoms with Crippen LogP contribution in [-0.4, -0.2) is 12.1 Å². The Morgan fingerprint density at radius 1 is 1.10 bits per heavy atom. The summed E-state index contributed by atoms with van der Waals surface area (Å²) in [5.74, 6) is 0.891. The molecule has 120 valence electrons. The van der Waals surface area contributed by atoms with Crippen molar-refractivity contribution in [3.8, 4) is 5.75 Å². The fraction of sp³-hybridized carbons (Fsp3) is 0.556. The van der Waals surface area contributed by atoms with E-state index in [1.807, 2.05) is 12.1 Å². The van der Waals surface area contributed by atoms with Gasteiger partial charge in [-0.3, -0.25) is 0 Å². The Morgan fingerprint density at radius 2 is 1.67 bits per heavy atom. The van der Waals surface area contributed by atoms with Crippen LogP contribution >= 0.6 is 12.4 Å². The van der Waals surface area contributed by atoms with Gasteiger partial charge >= 0.3 is 0 Å². The summed E-state index contributed by atoms with van der Waals surface area (Å²) >= 11 is 0. The van der Waals surface area contributed by atoms with E-state index < -0.39 is 0 Å². The molecule has 0 spiro atoms. The van der Waals surface area contributed by atoms with E-state index in [0.29, 0.717) is 12.0 Å². The topological polar surface area (TPSA) is 21.3 Å². The zero-order chi connectivity index (χ0) is 15.2. The molecule has 0 saturated heterocycles. The summed E-state index contributed by atoms with van der Waals surface area (Å²) < 4.78 is 5.48. The van der Waals surface area contributed by atoms with Crippen LogP contribution in [0.3, 0.4) is 0 Å². The van der Waals surface area contributed by atoms with Gasteiger partial charge in [-0.05, 0) is 43.4 Å². The zero-order valence-corrected chi connectivity index (χ0v) is 14.8. The molecule has 0 aliphatic heterocycles. The van der Waals surface area contributed by atoms with Crippen LogP contribution in [0.2, 0.25) is 0 Å². The van der Waals surface area contributed by atoms with Gasteiger partial charge in [0.15, 0.2) is 0 Å². The molecular formula is C18H30ClNO. The van der Waals surface area contributed by atoms with Gasteiger partial charge in [0.25, 0.3) is 0 Å². The monoisotopic (exact) mass is 311 g/mol. The van der Waals surface area contributed by atoms with Crippen molar-refractivity contribution in [2.75, 3.05) is 6.61 Å². The second-order valence-corrected chi connectivity index (χ2v) is 7.22. The van der Waals surface area contributed by atoms with Gasteiger partial charge in [-0.1, -0.05) is 45.6 Å². The Balaban J connectivity index is 0.00000400. The second-order valence-electron chi connectivity index (χ2n) is 7.22. The molecule has 0 heterocycles. The van der Waals surface area contributed by atoms with E-state index in [0.717, 1.165) is 18.7 Å². The fourth-order valence-electron chi connectivity index (χ4n) is 2.59. The molecule has 1 aromatic carbocycles. The van der Waals surface area contributed by atoms with Crippen LogP contribution < -0.4 is 10.1 Å². The van der Waals surface area contributed by atoms with Crippen molar-refractivity contribution in [3.63, 3.8) is 0 Å². The first-order valence-electron chi connectivity index (χ1n) is 7.29. The molecule has 3 heteroatoms. The highest BCUT2D eigenvalue weighted by Gasteiger charge is 2.24. The highest BCUT2D eigenvalue weighted by molar-refractivity contribution is 5.85. The third kappa shape index (κ3) is 8.79. The summed E-state index contributed by atoms with van der Waals surface area (Å²) in [6.07, 6.45) is 2.89. The largest absolute Gasteiger partial charge is 0.490 e. The van der Waals surface area contributed by atoms with Crippen molar-refractivity contribution in [2.45, 2.75) is 53.1 Å². The Kier molecular flexibility index (Phi) is 8.05. The predicted molar refractivity (Wildman–Crippen MR) is 94.4 cm³/mol. The van der Waals surface area contributed by atoms with Crippen LogP contribution in [0.25, 0.3) is 0 Å². The van der Waals surface area contributed by atoms with Gasteiger partial charge in [-0.15, -0.1) is 12.4 Å². The van der Waals surface area contributed by atoms with E-state index in [9.17, 15) is 0 Å². The van der Waals surface area contributed by atoms with Crippen molar-refractivity contribution in [2.24, 2.45) is 5.41 Å². The van der Waals surface area contributed by atoms with Crippen LogP contribution in [0.1, 0.15) is 46.6 Å². The Labute approximate surface area is 136 Å². The van der Waals surface area contributed by atoms with E-state index in [1.165, 1.54) is 5.56 Å². The number of hydrogen-bond acceptors (Lipinski definition) is 2. The number of ether oxygens (including phenoxy) is 1. The van der Waals surface area contributed by atoms with Crippen molar-refractivity contribution in [3.05, 3.63) is 42.5 Å². The maximum Gasteiger partial charge on any atom is 0.119 e. The highest BCUT2D eigenvalue weighted by atomic mass is 35.5. The third-order valence-electron chi connectivity index (χ3n) is 3.03. The summed E-state index contributed by atoms with van der Waals surface area (Å²) in [4.78, 5) is 0. The Bertz CT molecular complexity index is 418. The average Bonchev–Trinajstić information content (AvgIpc) is 2.32. The number of halogens is 1. The van der Waals surface area contributed by atoms with Crippen molar-refractivity contribution in [1.82, 2.24) is 5.32 Å². The first kappa shape index (κ1) is 20.0. The standard InChI is InChI=1S/C18H29NO.ClH/c1-7-12-20-16-10-8-15(9-11-16)13-19-18(5,6)14-17(2,3)4;/h7-11,19H,1,12-14H2,2-6H3;1H. The first-order chi connectivity index (χ1) is 9.22. The Morgan fingerprint density at radius 3 is 2.14 bits per heavy atom. The van der Waals surface area contributed by atoms with Crippen molar-refractivity contribution in [1.29, 1.82) is 0 Å². The summed E-state index contributed by atoms with van der Waals surface area (Å²) in [5.41, 5.74) is 1.74. The molecule has 0 bridgehead atoms. The minimum atomic E-state index is 0. The lowest BCUT2D eigenvalue weighted by molar-refractivity contribution is 0.240. The second kappa shape index (κ2) is 8.45. The SMILES string of the molecule is C=CCOc1ccc(CNC(C)(C)CC(C)(C)C)cc1.Cl. The maximum atomic E-state index is 5.48. The first-order valence-corrected chi connectivity index (χ1v) is 7.29. The van der Waals surface area contributed by atoms with Crippen molar-refractivity contribution >= 4 is 12.4 Å². The lowest BCUT2D eigenvalue weighted by Crippen LogP contribution is -2.41. The number of nitrogens with one attached hydrogen (secondary N) is 1. The summed E-state index contributed by atoms with van der Waals surface area (Å²) in [7, 11) is 0. The van der Waals surface area contributed by atoms with Crippen LogP contribution in [0.5, 0.6) is 5.75 Å². The van der Waals surface area contributed by atoms with E-state index in [2.05, 4.69) is 58.6 Å². The molecule has 1 N–H and O–H groups in total. The molecule has 2 nitrogen and oxygen atoms in total. The number of hydrogen-bond donors (Lipinski definition) is 1. The molecule has 21 heavy (non-hydrogen) atoms. The van der Waals surface area contributed by atoms with Gasteiger partial charge in [-0.25, -0.2) is 0 Å². The van der Waals surface area contributed by atoms with Crippen LogP contribution in [0.4, 0.5) is 0 Å². The van der Waals surface area contributed by atoms with Gasteiger partial charge in [0.1, 0.15) is 12.4 Å². The molecule has 1 rings (SSSR count). The van der Waals surface area contributed by atoms with Crippen LogP contribution in [0, 0.1) is 5.41 Å². The maximum absolute atomic E-state index is 5.48. The highest BCUT2D eigenvalue weighted by Crippen LogP contribution is 2.27. The lowest BCUT2D eigenvalue weighted by Gasteiger charge is -2.33. The Hall–Kier alpha value is -0.990. The van der Waals surface area contributed by atoms with E-state index >= 15 is 0 Å². The fourth-order valence-corrected chi connectivity index (χ4v) is 2.59. The van der Waals surface area contributed by atoms with Crippen molar-refractivity contribution < 1.29 is 4.74 Å². The molecule has 0 amide bonds. The van der Waals surface area contributed by atoms with Crippen LogP contribution in [-0.2, 0) is 6.54 Å². The molecule has 0 unspecified atom stereocenters. The molecular weight excluding hydrogens is 282 g/mol. The van der Waals surface area contributed by atoms with Gasteiger partial charge < -0.3 is 10.1 Å². The molecule has 0 radical (unpaired) electrons. The zero-order valence-electron chi connectivity index (χ0n) is 14.0. The molecule has 0 aliphatic rings. The van der Waals surface area contributed by atoms with Gasteiger partial charge in [0.05, 0.1) is 0 Å². The van der Waals surface area contributed by atoms with E-state index in [4.69, 9.17) is 4.74 Å². The molecule has 0 saturated carbocycles. The lowest BCUT2D eigenvalue weighted by atomic mass is 9.82. The summed E-state index contributed by atoms with van der Waals surface area (Å²) in [5, 5.41) is 3.64. The molecule has 1 aromatic rings. The number of rotatable bonds is 7. The van der Waals surface area contributed by atoms with E-state index in [1.54, 1.807) is 6.08 Å². The predicted octanol–water partition coefficient (Wildman–Crippen LogP) is 4.98. The quantitative estimate of drug-likeness (QED) is 0.717. The average molecular weight is 312 g/mol. The van der Waals surface area contributed by atoms with Gasteiger partial charge in [0.2, 0.25) is 0 Å². The minimum Gasteiger partial charge on any atom is -0.490 e. The molecule has 0 aromatic heterocycles. The summed E-state index contributed by atoms with van der Waals surface area (Å²) in [6.45, 7) is 16.4. The number of benzene rings is 1. The van der Waals surface area contributed by atoms with Crippen LogP contribution in [0.15, 0.2) is 36.9 Å².